The third kappa shape index (κ3) is 3.84. The van der Waals surface area contributed by atoms with Gasteiger partial charge in [-0.2, -0.15) is 0 Å². The Hall–Kier alpha value is -3.75. The number of nitrogens with zero attached hydrogens (tertiary/aromatic N) is 1. The van der Waals surface area contributed by atoms with Crippen LogP contribution in [0.1, 0.15) is 36.4 Å². The van der Waals surface area contributed by atoms with Crippen LogP contribution in [0.2, 0.25) is 0 Å². The fourth-order valence-corrected chi connectivity index (χ4v) is 6.06. The van der Waals surface area contributed by atoms with E-state index >= 15 is 0 Å². The molecule has 0 saturated carbocycles. The van der Waals surface area contributed by atoms with Crippen LogP contribution < -0.4 is 0 Å². The maximum Gasteiger partial charge on any atom is 0.0719 e. The summed E-state index contributed by atoms with van der Waals surface area (Å²) in [6.45, 7) is 1.11. The summed E-state index contributed by atoms with van der Waals surface area (Å²) in [6, 6.07) is 33.4. The first kappa shape index (κ1) is 17.7. The molecule has 0 atom stereocenters. The van der Waals surface area contributed by atoms with Gasteiger partial charge in [-0.1, -0.05) is 98.8 Å². The molecule has 0 aliphatic rings. The fourth-order valence-electron chi connectivity index (χ4n) is 4.77. The van der Waals surface area contributed by atoms with Gasteiger partial charge in [0.2, 0.25) is 0 Å². The maximum atomic E-state index is 8.68. The Morgan fingerprint density at radius 1 is 0.771 bits per heavy atom. The molecule has 0 aliphatic carbocycles. The van der Waals surface area contributed by atoms with Crippen molar-refractivity contribution in [2.24, 2.45) is 0 Å². The Labute approximate surface area is 216 Å². The lowest BCUT2D eigenvalue weighted by molar-refractivity contribution is 0.852. The van der Waals surface area contributed by atoms with Gasteiger partial charge in [0.1, 0.15) is 0 Å². The molecule has 0 N–H and O–H groups in total. The molecule has 4 aromatic carbocycles. The summed E-state index contributed by atoms with van der Waals surface area (Å²) in [7, 11) is 0. The average molecular weight is 474 g/mol. The Balaban J connectivity index is 1.64. The van der Waals surface area contributed by atoms with Crippen LogP contribution in [0.15, 0.2) is 103 Å². The summed E-state index contributed by atoms with van der Waals surface area (Å²) >= 11 is 1.73. The van der Waals surface area contributed by atoms with Crippen LogP contribution in [0.5, 0.6) is 0 Å². The van der Waals surface area contributed by atoms with Gasteiger partial charge < -0.3 is 0 Å². The highest BCUT2D eigenvalue weighted by molar-refractivity contribution is 7.26. The van der Waals surface area contributed by atoms with E-state index in [1.54, 1.807) is 31.3 Å². The molecule has 0 bridgehead atoms. The van der Waals surface area contributed by atoms with E-state index in [9.17, 15) is 0 Å². The highest BCUT2D eigenvalue weighted by atomic mass is 32.1. The van der Waals surface area contributed by atoms with Gasteiger partial charge in [0.15, 0.2) is 0 Å². The molecule has 0 fully saturated rings. The zero-order valence-corrected chi connectivity index (χ0v) is 20.5. The fraction of sp³-hybridized carbons (Fsp3) is 0.121. The molecular formula is C33H27NS. The van der Waals surface area contributed by atoms with Crippen molar-refractivity contribution >= 4 is 31.5 Å². The van der Waals surface area contributed by atoms with Gasteiger partial charge >= 0.3 is 0 Å². The monoisotopic (exact) mass is 473 g/mol. The molecule has 0 radical (unpaired) electrons. The summed E-state index contributed by atoms with van der Waals surface area (Å²) in [5.41, 5.74) is 6.84. The molecule has 0 saturated heterocycles. The zero-order chi connectivity index (χ0) is 27.4. The number of hydrogen-bond donors (Lipinski definition) is 0. The number of pyridine rings is 1. The van der Waals surface area contributed by atoms with Gasteiger partial charge in [-0.3, -0.25) is 4.98 Å². The van der Waals surface area contributed by atoms with Gasteiger partial charge in [-0.15, -0.1) is 11.3 Å². The van der Waals surface area contributed by atoms with Crippen LogP contribution >= 0.6 is 11.3 Å². The molecule has 0 aliphatic heterocycles. The lowest BCUT2D eigenvalue weighted by atomic mass is 9.94. The minimum atomic E-state index is -2.34. The van der Waals surface area contributed by atoms with E-state index in [1.807, 2.05) is 12.1 Å². The molecule has 0 spiro atoms. The van der Waals surface area contributed by atoms with E-state index in [-0.39, 0.29) is 5.56 Å². The second-order valence-corrected chi connectivity index (χ2v) is 10.1. The minimum absolute atomic E-state index is 0.132. The third-order valence-electron chi connectivity index (χ3n) is 6.53. The first-order chi connectivity index (χ1) is 18.6. The van der Waals surface area contributed by atoms with Crippen LogP contribution in [-0.4, -0.2) is 4.98 Å². The first-order valence-electron chi connectivity index (χ1n) is 13.7. The molecule has 0 amide bonds. The molecule has 6 rings (SSSR count). The Kier molecular flexibility index (Phi) is 4.43. The van der Waals surface area contributed by atoms with Gasteiger partial charge in [0.05, 0.1) is 5.69 Å². The SMILES string of the molecule is [2H]C([2H])([2H])c1cnc(-c2ccc(-c3ccccc3)c3c2sc2cc(-c4ccccc4)ccc23)cc1C([2H])(C)C. The van der Waals surface area contributed by atoms with E-state index in [2.05, 4.69) is 83.8 Å². The van der Waals surface area contributed by atoms with Crippen molar-refractivity contribution in [3.05, 3.63) is 114 Å². The van der Waals surface area contributed by atoms with E-state index < -0.39 is 12.7 Å². The molecule has 35 heavy (non-hydrogen) atoms. The number of aryl methyl sites for hydroxylation is 1. The van der Waals surface area contributed by atoms with E-state index in [4.69, 9.17) is 5.48 Å². The Morgan fingerprint density at radius 2 is 1.49 bits per heavy atom. The van der Waals surface area contributed by atoms with Crippen LogP contribution in [0, 0.1) is 6.85 Å². The molecule has 6 aromatic rings. The molecule has 1 nitrogen and oxygen atoms in total. The standard InChI is InChI=1S/C33H27NS/c1-21(2)29-19-30(34-20-22(29)3)27-17-16-26(24-12-8-5-9-13-24)32-28-15-14-25(18-31(28)35-33(27)32)23-10-6-4-7-11-23/h4-21H,1-3H3/i3D3,21D. The first-order valence-corrected chi connectivity index (χ1v) is 12.5. The smallest absolute Gasteiger partial charge is 0.0719 e. The van der Waals surface area contributed by atoms with Crippen molar-refractivity contribution in [2.45, 2.75) is 26.6 Å². The van der Waals surface area contributed by atoms with E-state index in [0.29, 0.717) is 11.3 Å². The summed E-state index contributed by atoms with van der Waals surface area (Å²) in [5, 5.41) is 2.34. The number of thiophene rings is 1. The predicted octanol–water partition coefficient (Wildman–Crippen LogP) is 9.88. The summed E-state index contributed by atoms with van der Waals surface area (Å²) < 4.78 is 35.0. The van der Waals surface area contributed by atoms with Crippen molar-refractivity contribution in [1.82, 2.24) is 4.98 Å². The molecule has 0 unspecified atom stereocenters. The van der Waals surface area contributed by atoms with Crippen LogP contribution in [-0.2, 0) is 0 Å². The minimum Gasteiger partial charge on any atom is -0.256 e. The van der Waals surface area contributed by atoms with E-state index in [0.717, 1.165) is 32.3 Å². The topological polar surface area (TPSA) is 12.9 Å². The van der Waals surface area contributed by atoms with Gasteiger partial charge in [-0.25, -0.2) is 0 Å². The van der Waals surface area contributed by atoms with Gasteiger partial charge in [-0.05, 0) is 58.3 Å². The number of benzene rings is 4. The van der Waals surface area contributed by atoms with Crippen molar-refractivity contribution in [3.63, 3.8) is 0 Å². The third-order valence-corrected chi connectivity index (χ3v) is 7.72. The number of rotatable bonds is 4. The number of fused-ring (bicyclic) bond motifs is 3. The van der Waals surface area contributed by atoms with E-state index in [1.165, 1.54) is 21.8 Å². The molecule has 2 aromatic heterocycles. The summed E-state index contributed by atoms with van der Waals surface area (Å²) in [5.74, 6) is -1.09. The Morgan fingerprint density at radius 3 is 2.20 bits per heavy atom. The quantitative estimate of drug-likeness (QED) is 0.248. The molecule has 170 valence electrons. The van der Waals surface area contributed by atoms with Crippen molar-refractivity contribution in [3.8, 4) is 33.5 Å². The van der Waals surface area contributed by atoms with Gasteiger partial charge in [0.25, 0.3) is 0 Å². The highest BCUT2D eigenvalue weighted by Crippen LogP contribution is 2.45. The lowest BCUT2D eigenvalue weighted by Crippen LogP contribution is -1.95. The van der Waals surface area contributed by atoms with Crippen molar-refractivity contribution < 1.29 is 5.48 Å². The number of hydrogen-bond acceptors (Lipinski definition) is 2. The second kappa shape index (κ2) is 8.79. The normalized spacial score (nSPS) is 13.9. The second-order valence-electron chi connectivity index (χ2n) is 9.02. The Bertz CT molecular complexity index is 1810. The van der Waals surface area contributed by atoms with Crippen LogP contribution in [0.4, 0.5) is 0 Å². The van der Waals surface area contributed by atoms with Crippen molar-refractivity contribution in [2.75, 3.05) is 0 Å². The maximum absolute atomic E-state index is 8.68. The molecular weight excluding hydrogens is 442 g/mol. The summed E-state index contributed by atoms with van der Waals surface area (Å²) in [4.78, 5) is 4.64. The average Bonchev–Trinajstić information content (AvgIpc) is 3.31. The van der Waals surface area contributed by atoms with Crippen LogP contribution in [0.3, 0.4) is 0 Å². The van der Waals surface area contributed by atoms with Gasteiger partial charge in [0, 0.05) is 37.4 Å². The highest BCUT2D eigenvalue weighted by Gasteiger charge is 2.17. The molecule has 2 heteroatoms. The summed E-state index contributed by atoms with van der Waals surface area (Å²) in [6.07, 6.45) is 1.44. The predicted molar refractivity (Wildman–Crippen MR) is 152 cm³/mol. The number of aromatic nitrogens is 1. The van der Waals surface area contributed by atoms with Crippen molar-refractivity contribution in [1.29, 1.82) is 0 Å². The van der Waals surface area contributed by atoms with Crippen LogP contribution in [0.25, 0.3) is 53.7 Å². The molecule has 2 heterocycles. The zero-order valence-electron chi connectivity index (χ0n) is 23.7. The lowest BCUT2D eigenvalue weighted by Gasteiger charge is -2.13. The largest absolute Gasteiger partial charge is 0.256 e.